The number of ether oxygens (including phenoxy) is 1. The summed E-state index contributed by atoms with van der Waals surface area (Å²) in [6.45, 7) is 4.76. The second-order valence-corrected chi connectivity index (χ2v) is 5.14. The van der Waals surface area contributed by atoms with Gasteiger partial charge in [0.05, 0.1) is 12.1 Å². The first-order valence-electron chi connectivity index (χ1n) is 5.65. The van der Waals surface area contributed by atoms with E-state index in [9.17, 15) is 4.79 Å². The van der Waals surface area contributed by atoms with Crippen molar-refractivity contribution in [2.24, 2.45) is 10.7 Å². The van der Waals surface area contributed by atoms with Gasteiger partial charge in [-0.2, -0.15) is 4.99 Å². The summed E-state index contributed by atoms with van der Waals surface area (Å²) in [6.07, 6.45) is 6.59. The third-order valence-electron chi connectivity index (χ3n) is 3.42. The topological polar surface area (TPSA) is 67.9 Å². The highest BCUT2D eigenvalue weighted by Gasteiger charge is 2.53. The molecule has 5 nitrogen and oxygen atoms in total. The second kappa shape index (κ2) is 3.74. The van der Waals surface area contributed by atoms with Crippen molar-refractivity contribution in [3.05, 3.63) is 0 Å². The van der Waals surface area contributed by atoms with Gasteiger partial charge in [-0.25, -0.2) is 4.79 Å². The first-order valence-corrected chi connectivity index (χ1v) is 5.65. The van der Waals surface area contributed by atoms with E-state index in [0.29, 0.717) is 25.3 Å². The molecule has 1 unspecified atom stereocenters. The lowest BCUT2D eigenvalue weighted by Crippen LogP contribution is -2.60. The van der Waals surface area contributed by atoms with Crippen LogP contribution in [0.2, 0.25) is 0 Å². The summed E-state index contributed by atoms with van der Waals surface area (Å²) in [7, 11) is 0. The van der Waals surface area contributed by atoms with Crippen LogP contribution in [-0.2, 0) is 4.74 Å². The molecule has 2 aliphatic rings. The first-order chi connectivity index (χ1) is 7.91. The van der Waals surface area contributed by atoms with Gasteiger partial charge in [0, 0.05) is 19.4 Å². The predicted octanol–water partition coefficient (Wildman–Crippen LogP) is 0.740. The Kier molecular flexibility index (Phi) is 2.63. The van der Waals surface area contributed by atoms with Crippen LogP contribution < -0.4 is 5.73 Å². The van der Waals surface area contributed by atoms with E-state index in [2.05, 4.69) is 10.9 Å². The van der Waals surface area contributed by atoms with Gasteiger partial charge in [-0.05, 0) is 13.8 Å². The number of hydrogen-bond donors (Lipinski definition) is 1. The summed E-state index contributed by atoms with van der Waals surface area (Å²) in [5, 5.41) is 0. The summed E-state index contributed by atoms with van der Waals surface area (Å²) in [6, 6.07) is -0.335. The average molecular weight is 235 g/mol. The number of terminal acetylenes is 1. The smallest absolute Gasteiger partial charge is 0.346 e. The second-order valence-electron chi connectivity index (χ2n) is 5.14. The number of carbonyl (C=O) groups excluding carboxylic acids is 1. The van der Waals surface area contributed by atoms with Gasteiger partial charge in [0.1, 0.15) is 11.4 Å². The Hall–Kier alpha value is -1.54. The zero-order chi connectivity index (χ0) is 12.7. The maximum absolute atomic E-state index is 11.8. The predicted molar refractivity (Wildman–Crippen MR) is 64.6 cm³/mol. The van der Waals surface area contributed by atoms with E-state index in [1.807, 2.05) is 13.8 Å². The largest absolute Gasteiger partial charge is 0.385 e. The van der Waals surface area contributed by atoms with Gasteiger partial charge in [-0.1, -0.05) is 5.92 Å². The number of nitrogens with zero attached hydrogens (tertiary/aromatic N) is 2. The Morgan fingerprint density at radius 3 is 2.94 bits per heavy atom. The van der Waals surface area contributed by atoms with Crippen LogP contribution in [0.4, 0.5) is 4.79 Å². The first kappa shape index (κ1) is 11.9. The minimum absolute atomic E-state index is 0.235. The fraction of sp³-hybridized carbons (Fsp3) is 0.667. The minimum Gasteiger partial charge on any atom is -0.385 e. The molecule has 2 rings (SSSR count). The lowest BCUT2D eigenvalue weighted by molar-refractivity contribution is -0.0878. The monoisotopic (exact) mass is 235 g/mol. The molecule has 0 aromatic carbocycles. The van der Waals surface area contributed by atoms with Crippen molar-refractivity contribution in [1.29, 1.82) is 0 Å². The van der Waals surface area contributed by atoms with Crippen LogP contribution >= 0.6 is 0 Å². The van der Waals surface area contributed by atoms with Gasteiger partial charge in [0.2, 0.25) is 0 Å². The molecule has 0 aromatic heterocycles. The number of amidine groups is 1. The molecule has 1 fully saturated rings. The number of hydrogen-bond acceptors (Lipinski definition) is 3. The van der Waals surface area contributed by atoms with E-state index >= 15 is 0 Å². The molecule has 1 saturated heterocycles. The molecular weight excluding hydrogens is 218 g/mol. The zero-order valence-corrected chi connectivity index (χ0v) is 10.2. The summed E-state index contributed by atoms with van der Waals surface area (Å²) in [4.78, 5) is 17.2. The molecule has 0 aliphatic carbocycles. The highest BCUT2D eigenvalue weighted by molar-refractivity contribution is 6.06. The van der Waals surface area contributed by atoms with E-state index in [4.69, 9.17) is 16.9 Å². The Balaban J connectivity index is 2.36. The van der Waals surface area contributed by atoms with Gasteiger partial charge in [0.15, 0.2) is 0 Å². The Labute approximate surface area is 101 Å². The van der Waals surface area contributed by atoms with Crippen molar-refractivity contribution in [1.82, 2.24) is 4.90 Å². The molecule has 1 atom stereocenters. The van der Waals surface area contributed by atoms with Crippen LogP contribution in [0.5, 0.6) is 0 Å². The SMILES string of the molecule is C#CCN1C(=O)N=C(N)C12CCOC(C)(C)C2. The van der Waals surface area contributed by atoms with E-state index in [1.54, 1.807) is 4.90 Å². The average Bonchev–Trinajstić information content (AvgIpc) is 2.42. The van der Waals surface area contributed by atoms with Crippen LogP contribution in [-0.4, -0.2) is 41.1 Å². The summed E-state index contributed by atoms with van der Waals surface area (Å²) in [5.41, 5.74) is 5.07. The van der Waals surface area contributed by atoms with Crippen LogP contribution in [0.15, 0.2) is 4.99 Å². The van der Waals surface area contributed by atoms with Crippen LogP contribution in [0.25, 0.3) is 0 Å². The molecule has 17 heavy (non-hydrogen) atoms. The number of aliphatic imine (C=N–C) groups is 1. The summed E-state index contributed by atoms with van der Waals surface area (Å²) < 4.78 is 5.66. The number of rotatable bonds is 1. The van der Waals surface area contributed by atoms with Crippen molar-refractivity contribution in [2.45, 2.75) is 37.8 Å². The molecule has 0 radical (unpaired) electrons. The van der Waals surface area contributed by atoms with Crippen molar-refractivity contribution >= 4 is 11.9 Å². The molecule has 2 heterocycles. The van der Waals surface area contributed by atoms with Crippen LogP contribution in [0, 0.1) is 12.3 Å². The Morgan fingerprint density at radius 1 is 1.65 bits per heavy atom. The lowest BCUT2D eigenvalue weighted by atomic mass is 9.79. The van der Waals surface area contributed by atoms with E-state index in [0.717, 1.165) is 0 Å². The summed E-state index contributed by atoms with van der Waals surface area (Å²) in [5.74, 6) is 2.86. The van der Waals surface area contributed by atoms with Crippen molar-refractivity contribution in [3.8, 4) is 12.3 Å². The minimum atomic E-state index is -0.550. The van der Waals surface area contributed by atoms with Crippen molar-refractivity contribution in [2.75, 3.05) is 13.2 Å². The van der Waals surface area contributed by atoms with Gasteiger partial charge < -0.3 is 10.5 Å². The molecule has 2 aliphatic heterocycles. The van der Waals surface area contributed by atoms with Gasteiger partial charge in [-0.3, -0.25) is 4.90 Å². The Morgan fingerprint density at radius 2 is 2.35 bits per heavy atom. The maximum Gasteiger partial charge on any atom is 0.346 e. The molecule has 0 bridgehead atoms. The van der Waals surface area contributed by atoms with E-state index in [1.165, 1.54) is 0 Å². The molecule has 0 saturated carbocycles. The van der Waals surface area contributed by atoms with E-state index in [-0.39, 0.29) is 18.2 Å². The molecule has 1 spiro atoms. The third kappa shape index (κ3) is 1.79. The maximum atomic E-state index is 11.8. The molecule has 2 N–H and O–H groups in total. The number of urea groups is 1. The Bertz CT molecular complexity index is 422. The standard InChI is InChI=1S/C12H17N3O2/c1-4-6-15-10(16)14-9(13)12(15)5-7-17-11(2,3)8-12/h1H,5-8H2,2-3H3,(H2,13,14,16). The fourth-order valence-corrected chi connectivity index (χ4v) is 2.69. The number of nitrogens with two attached hydrogens (primary N) is 1. The normalized spacial score (nSPS) is 31.5. The molecular formula is C12H17N3O2. The van der Waals surface area contributed by atoms with Crippen molar-refractivity contribution < 1.29 is 9.53 Å². The fourth-order valence-electron chi connectivity index (χ4n) is 2.69. The zero-order valence-electron chi connectivity index (χ0n) is 10.2. The molecule has 92 valence electrons. The third-order valence-corrected chi connectivity index (χ3v) is 3.42. The quantitative estimate of drug-likeness (QED) is 0.682. The van der Waals surface area contributed by atoms with Crippen LogP contribution in [0.3, 0.4) is 0 Å². The van der Waals surface area contributed by atoms with Crippen molar-refractivity contribution in [3.63, 3.8) is 0 Å². The highest BCUT2D eigenvalue weighted by Crippen LogP contribution is 2.39. The molecule has 2 amide bonds. The molecule has 0 aromatic rings. The number of amides is 2. The molecule has 5 heteroatoms. The van der Waals surface area contributed by atoms with Crippen LogP contribution in [0.1, 0.15) is 26.7 Å². The van der Waals surface area contributed by atoms with Gasteiger partial charge in [0.25, 0.3) is 0 Å². The van der Waals surface area contributed by atoms with Gasteiger partial charge in [-0.15, -0.1) is 6.42 Å². The summed E-state index contributed by atoms with van der Waals surface area (Å²) >= 11 is 0. The number of carbonyl (C=O) groups is 1. The lowest BCUT2D eigenvalue weighted by Gasteiger charge is -2.46. The van der Waals surface area contributed by atoms with E-state index < -0.39 is 5.54 Å². The van der Waals surface area contributed by atoms with Gasteiger partial charge >= 0.3 is 6.03 Å². The highest BCUT2D eigenvalue weighted by atomic mass is 16.5.